The van der Waals surface area contributed by atoms with Crippen molar-refractivity contribution in [3.63, 3.8) is 0 Å². The summed E-state index contributed by atoms with van der Waals surface area (Å²) in [7, 11) is 0. The van der Waals surface area contributed by atoms with E-state index >= 15 is 0 Å². The lowest BCUT2D eigenvalue weighted by molar-refractivity contribution is 0.878. The van der Waals surface area contributed by atoms with Gasteiger partial charge < -0.3 is 18.3 Å². The summed E-state index contributed by atoms with van der Waals surface area (Å²) in [5.41, 5.74) is 16.8. The molecular weight excluding hydrogens is 841 g/mol. The van der Waals surface area contributed by atoms with Crippen LogP contribution in [0.15, 0.2) is 182 Å². The van der Waals surface area contributed by atoms with Crippen LogP contribution < -0.4 is 0 Å². The molecule has 8 aromatic carbocycles. The number of para-hydroxylation sites is 6. The van der Waals surface area contributed by atoms with Crippen molar-refractivity contribution >= 4 is 77.6 Å². The molecule has 69 heavy (non-hydrogen) atoms. The van der Waals surface area contributed by atoms with Crippen molar-refractivity contribution < 1.29 is 0 Å². The van der Waals surface area contributed by atoms with Crippen LogP contribution in [0.5, 0.6) is 0 Å². The third-order valence-corrected chi connectivity index (χ3v) is 14.4. The van der Waals surface area contributed by atoms with Crippen LogP contribution in [-0.2, 0) is 12.8 Å². The maximum Gasteiger partial charge on any atom is 0.0999 e. The highest BCUT2D eigenvalue weighted by Crippen LogP contribution is 2.45. The Labute approximate surface area is 397 Å². The van der Waals surface area contributed by atoms with E-state index in [1.54, 1.807) is 0 Å². The highest BCUT2D eigenvalue weighted by atomic mass is 15.1. The van der Waals surface area contributed by atoms with Gasteiger partial charge in [-0.1, -0.05) is 133 Å². The topological polar surface area (TPSA) is 67.3 Å². The molecule has 4 aromatic heterocycles. The smallest absolute Gasteiger partial charge is 0.0999 e. The normalized spacial score (nSPS) is 12.9. The van der Waals surface area contributed by atoms with Gasteiger partial charge in [-0.25, -0.2) is 0 Å². The van der Waals surface area contributed by atoms with E-state index in [-0.39, 0.29) is 0 Å². The number of allylic oxidation sites excluding steroid dienone is 2. The minimum atomic E-state index is 0.467. The van der Waals surface area contributed by atoms with E-state index in [2.05, 4.69) is 224 Å². The molecule has 0 unspecified atom stereocenters. The zero-order valence-electron chi connectivity index (χ0n) is 37.3. The van der Waals surface area contributed by atoms with Gasteiger partial charge in [-0.3, -0.25) is 0 Å². The highest BCUT2D eigenvalue weighted by Gasteiger charge is 2.28. The van der Waals surface area contributed by atoms with E-state index in [9.17, 15) is 10.5 Å². The number of benzene rings is 8. The van der Waals surface area contributed by atoms with Gasteiger partial charge in [0.15, 0.2) is 0 Å². The number of hydrogen-bond acceptors (Lipinski definition) is 2. The monoisotopic (exact) mass is 878 g/mol. The number of nitrogens with zero attached hydrogens (tertiary/aromatic N) is 6. The molecule has 0 saturated carbocycles. The van der Waals surface area contributed by atoms with Crippen molar-refractivity contribution in [1.82, 2.24) is 18.3 Å². The summed E-state index contributed by atoms with van der Waals surface area (Å²) in [6.45, 7) is 0. The predicted octanol–water partition coefficient (Wildman–Crippen LogP) is 14.7. The molecule has 0 spiro atoms. The molecular formula is C63H38N6. The molecule has 320 valence electrons. The number of fused-ring (bicyclic) bond motifs is 12. The molecule has 2 aliphatic carbocycles. The Morgan fingerprint density at radius 3 is 1.26 bits per heavy atom. The van der Waals surface area contributed by atoms with E-state index in [1.807, 2.05) is 12.1 Å². The maximum atomic E-state index is 11.5. The Morgan fingerprint density at radius 2 is 0.783 bits per heavy atom. The van der Waals surface area contributed by atoms with Crippen LogP contribution in [0.2, 0.25) is 0 Å². The standard InChI is InChI=1S/C63H38N6/c64-38-40-34-60(66-52-26-3-1-2-18-42(52)43-19-4-11-27-53(43)66)62(68-56-30-14-7-22-46(56)47-23-8-15-31-57(47)68)36-50(40)51-37-63(69-58-32-16-9-24-48(58)49-25-10-17-33-59(49)69)61(35-41(51)39-65)67-54-28-12-5-20-44(54)45-21-6-13-29-55(45)67/h2,4-14,16-25,27-30,32-37H,15,26,31H2. The number of hydrogen-bond donors (Lipinski definition) is 0. The zero-order valence-corrected chi connectivity index (χ0v) is 37.3. The van der Waals surface area contributed by atoms with Crippen molar-refractivity contribution in [2.75, 3.05) is 0 Å². The fourth-order valence-corrected chi connectivity index (χ4v) is 11.6. The summed E-state index contributed by atoms with van der Waals surface area (Å²) in [4.78, 5) is 0. The predicted molar refractivity (Wildman–Crippen MR) is 282 cm³/mol. The van der Waals surface area contributed by atoms with Crippen LogP contribution in [-0.4, -0.2) is 18.3 Å². The number of aromatic nitrogens is 4. The minimum Gasteiger partial charge on any atom is -0.311 e. The molecule has 0 amide bonds. The molecule has 14 rings (SSSR count). The minimum absolute atomic E-state index is 0.467. The van der Waals surface area contributed by atoms with Gasteiger partial charge in [0.2, 0.25) is 0 Å². The molecule has 0 atom stereocenters. The van der Waals surface area contributed by atoms with Crippen LogP contribution >= 0.6 is 0 Å². The number of rotatable bonds is 5. The molecule has 0 saturated heterocycles. The van der Waals surface area contributed by atoms with Crippen molar-refractivity contribution in [2.45, 2.75) is 19.3 Å². The quantitative estimate of drug-likeness (QED) is 0.162. The SMILES string of the molecule is N#Cc1cc(-n2c3c(c4ccccc42)C=CC#CC3)c(-n2c3c(c4ccccc42)C=CCC3)cc1-c1cc(-n2c3ccccc3c3ccccc32)c(-n2c3ccccc3c3ccccc32)cc1C#N. The second-order valence-corrected chi connectivity index (χ2v) is 17.9. The first kappa shape index (κ1) is 38.7. The lowest BCUT2D eigenvalue weighted by atomic mass is 9.93. The van der Waals surface area contributed by atoms with Gasteiger partial charge in [-0.05, 0) is 85.7 Å². The average molecular weight is 879 g/mol. The lowest BCUT2D eigenvalue weighted by Gasteiger charge is -2.23. The summed E-state index contributed by atoms with van der Waals surface area (Å²) >= 11 is 0. The first-order valence-corrected chi connectivity index (χ1v) is 23.4. The summed E-state index contributed by atoms with van der Waals surface area (Å²) in [5.74, 6) is 6.62. The first-order valence-electron chi connectivity index (χ1n) is 23.4. The molecule has 0 fully saturated rings. The van der Waals surface area contributed by atoms with Crippen LogP contribution in [0.25, 0.3) is 111 Å². The second-order valence-electron chi connectivity index (χ2n) is 17.9. The van der Waals surface area contributed by atoms with Crippen molar-refractivity contribution in [3.05, 3.63) is 216 Å². The molecule has 0 bridgehead atoms. The Hall–Kier alpha value is -9.54. The van der Waals surface area contributed by atoms with E-state index in [0.29, 0.717) is 28.7 Å². The molecule has 12 aromatic rings. The molecule has 0 N–H and O–H groups in total. The van der Waals surface area contributed by atoms with Crippen LogP contribution in [0.3, 0.4) is 0 Å². The third kappa shape index (κ3) is 5.54. The highest BCUT2D eigenvalue weighted by molar-refractivity contribution is 6.12. The summed E-state index contributed by atoms with van der Waals surface area (Å²) in [6.07, 6.45) is 10.9. The second kappa shape index (κ2) is 15.0. The van der Waals surface area contributed by atoms with Crippen LogP contribution in [0.1, 0.15) is 40.1 Å². The Bertz CT molecular complexity index is 4330. The molecule has 4 heterocycles. The molecule has 6 nitrogen and oxygen atoms in total. The first-order chi connectivity index (χ1) is 34.2. The fraction of sp³-hybridized carbons (Fsp3) is 0.0476. The summed E-state index contributed by atoms with van der Waals surface area (Å²) in [6, 6.07) is 65.0. The van der Waals surface area contributed by atoms with Crippen molar-refractivity contribution in [3.8, 4) is 57.9 Å². The summed E-state index contributed by atoms with van der Waals surface area (Å²) in [5, 5.41) is 29.8. The molecule has 2 aliphatic rings. The summed E-state index contributed by atoms with van der Waals surface area (Å²) < 4.78 is 9.39. The van der Waals surface area contributed by atoms with Crippen LogP contribution in [0, 0.1) is 34.5 Å². The number of nitriles is 2. The van der Waals surface area contributed by atoms with Crippen LogP contribution in [0.4, 0.5) is 0 Å². The average Bonchev–Trinajstić information content (AvgIpc) is 4.07. The molecule has 0 aliphatic heterocycles. The Kier molecular flexibility index (Phi) is 8.41. The van der Waals surface area contributed by atoms with E-state index in [1.165, 1.54) is 16.6 Å². The van der Waals surface area contributed by atoms with Crippen molar-refractivity contribution in [1.29, 1.82) is 10.5 Å². The Morgan fingerprint density at radius 1 is 0.406 bits per heavy atom. The maximum absolute atomic E-state index is 11.5. The third-order valence-electron chi connectivity index (χ3n) is 14.4. The van der Waals surface area contributed by atoms with Gasteiger partial charge in [0.05, 0.1) is 85.5 Å². The van der Waals surface area contributed by atoms with E-state index in [0.717, 1.165) is 107 Å². The van der Waals surface area contributed by atoms with Gasteiger partial charge in [-0.15, -0.1) is 0 Å². The van der Waals surface area contributed by atoms with E-state index < -0.39 is 0 Å². The Balaban J connectivity index is 1.14. The lowest BCUT2D eigenvalue weighted by Crippen LogP contribution is -2.11. The van der Waals surface area contributed by atoms with Gasteiger partial charge in [0.25, 0.3) is 0 Å². The van der Waals surface area contributed by atoms with Gasteiger partial charge in [0.1, 0.15) is 0 Å². The molecule has 0 radical (unpaired) electrons. The van der Waals surface area contributed by atoms with Gasteiger partial charge in [-0.2, -0.15) is 10.5 Å². The fourth-order valence-electron chi connectivity index (χ4n) is 11.6. The van der Waals surface area contributed by atoms with Gasteiger partial charge >= 0.3 is 0 Å². The van der Waals surface area contributed by atoms with Gasteiger partial charge in [0, 0.05) is 66.0 Å². The molecule has 6 heteroatoms. The van der Waals surface area contributed by atoms with E-state index in [4.69, 9.17) is 0 Å². The largest absolute Gasteiger partial charge is 0.311 e. The van der Waals surface area contributed by atoms with Crippen molar-refractivity contribution in [2.24, 2.45) is 0 Å². The zero-order chi connectivity index (χ0) is 45.7.